The Morgan fingerprint density at radius 2 is 1.71 bits per heavy atom. The summed E-state index contributed by atoms with van der Waals surface area (Å²) in [5, 5.41) is 0. The minimum Gasteiger partial charge on any atom is -0.467 e. The molecule has 0 radical (unpaired) electrons. The van der Waals surface area contributed by atoms with Crippen LogP contribution in [0.5, 0.6) is 0 Å². The normalized spacial score (nSPS) is 14.1. The van der Waals surface area contributed by atoms with Crippen LogP contribution in [0.25, 0.3) is 11.1 Å². The summed E-state index contributed by atoms with van der Waals surface area (Å²) in [6.45, 7) is 10.8. The van der Waals surface area contributed by atoms with Gasteiger partial charge in [-0.15, -0.1) is 0 Å². The van der Waals surface area contributed by atoms with Crippen molar-refractivity contribution < 1.29 is 19.1 Å². The first-order valence-electron chi connectivity index (χ1n) is 13.2. The van der Waals surface area contributed by atoms with Gasteiger partial charge in [-0.2, -0.15) is 0 Å². The standard InChI is InChI=1S/C32H38N2O4/c1-21-12-15-24(16-13-21)29-25-20-34(27(35)17-14-23-10-8-7-9-11-23)19-18-26(25)33-22(2)28(29)30(31(36)37-6)38-32(3,4)5/h7-13,15-16,30H,14,17-20H2,1-6H3. The second-order valence-electron chi connectivity index (χ2n) is 11.0. The fraction of sp³-hybridized carbons (Fsp3) is 0.406. The van der Waals surface area contributed by atoms with Crippen LogP contribution >= 0.6 is 0 Å². The Labute approximate surface area is 226 Å². The highest BCUT2D eigenvalue weighted by Crippen LogP contribution is 2.40. The van der Waals surface area contributed by atoms with Crippen molar-refractivity contribution in [2.45, 2.75) is 72.1 Å². The number of carbonyl (C=O) groups is 2. The molecule has 0 aliphatic carbocycles. The average Bonchev–Trinajstić information content (AvgIpc) is 2.89. The molecule has 200 valence electrons. The van der Waals surface area contributed by atoms with Crippen LogP contribution in [0.1, 0.15) is 66.9 Å². The number of pyridine rings is 1. The molecular weight excluding hydrogens is 476 g/mol. The van der Waals surface area contributed by atoms with Crippen molar-refractivity contribution in [2.75, 3.05) is 13.7 Å². The third-order valence-electron chi connectivity index (χ3n) is 6.89. The van der Waals surface area contributed by atoms with Gasteiger partial charge in [-0.3, -0.25) is 9.78 Å². The van der Waals surface area contributed by atoms with Crippen LogP contribution in [0, 0.1) is 13.8 Å². The summed E-state index contributed by atoms with van der Waals surface area (Å²) in [7, 11) is 1.38. The van der Waals surface area contributed by atoms with Gasteiger partial charge in [-0.25, -0.2) is 4.79 Å². The van der Waals surface area contributed by atoms with Crippen molar-refractivity contribution in [3.63, 3.8) is 0 Å². The van der Waals surface area contributed by atoms with E-state index in [1.807, 2.05) is 57.7 Å². The lowest BCUT2D eigenvalue weighted by Gasteiger charge is -2.34. The van der Waals surface area contributed by atoms with Gasteiger partial charge in [0.05, 0.1) is 12.7 Å². The van der Waals surface area contributed by atoms with Gasteiger partial charge < -0.3 is 14.4 Å². The van der Waals surface area contributed by atoms with Crippen LogP contribution in [-0.2, 0) is 38.4 Å². The molecule has 1 amide bonds. The highest BCUT2D eigenvalue weighted by Gasteiger charge is 2.35. The van der Waals surface area contributed by atoms with E-state index in [2.05, 4.69) is 36.4 Å². The molecule has 0 bridgehead atoms. The van der Waals surface area contributed by atoms with E-state index in [4.69, 9.17) is 14.5 Å². The first kappa shape index (κ1) is 27.5. The summed E-state index contributed by atoms with van der Waals surface area (Å²) in [4.78, 5) is 33.3. The summed E-state index contributed by atoms with van der Waals surface area (Å²) < 4.78 is 11.5. The van der Waals surface area contributed by atoms with Crippen molar-refractivity contribution in [2.24, 2.45) is 0 Å². The number of aryl methyl sites for hydroxylation is 3. The van der Waals surface area contributed by atoms with Crippen LogP contribution in [0.3, 0.4) is 0 Å². The number of amides is 1. The Kier molecular flexibility index (Phi) is 8.32. The first-order chi connectivity index (χ1) is 18.1. The Balaban J connectivity index is 1.78. The molecule has 2 heterocycles. The Hall–Kier alpha value is -3.51. The molecular formula is C32H38N2O4. The highest BCUT2D eigenvalue weighted by molar-refractivity contribution is 5.84. The number of rotatable bonds is 7. The second kappa shape index (κ2) is 11.5. The average molecular weight is 515 g/mol. The van der Waals surface area contributed by atoms with Gasteiger partial charge in [0.25, 0.3) is 0 Å². The van der Waals surface area contributed by atoms with E-state index < -0.39 is 17.7 Å². The molecule has 1 unspecified atom stereocenters. The Bertz CT molecular complexity index is 1290. The lowest BCUT2D eigenvalue weighted by atomic mass is 9.87. The van der Waals surface area contributed by atoms with Crippen LogP contribution in [0.4, 0.5) is 0 Å². The molecule has 0 N–H and O–H groups in total. The van der Waals surface area contributed by atoms with E-state index in [1.165, 1.54) is 7.11 Å². The third kappa shape index (κ3) is 6.30. The molecule has 2 aromatic carbocycles. The summed E-state index contributed by atoms with van der Waals surface area (Å²) in [5.74, 6) is -0.350. The molecule has 3 aromatic rings. The fourth-order valence-electron chi connectivity index (χ4n) is 5.03. The zero-order valence-corrected chi connectivity index (χ0v) is 23.3. The predicted molar refractivity (Wildman–Crippen MR) is 149 cm³/mol. The van der Waals surface area contributed by atoms with Crippen molar-refractivity contribution in [3.05, 3.63) is 88.2 Å². The van der Waals surface area contributed by atoms with E-state index in [0.29, 0.717) is 37.9 Å². The van der Waals surface area contributed by atoms with Gasteiger partial charge in [0.15, 0.2) is 6.10 Å². The van der Waals surface area contributed by atoms with Gasteiger partial charge in [-0.05, 0) is 57.7 Å². The smallest absolute Gasteiger partial charge is 0.339 e. The first-order valence-corrected chi connectivity index (χ1v) is 13.2. The van der Waals surface area contributed by atoms with Crippen molar-refractivity contribution in [1.82, 2.24) is 9.88 Å². The van der Waals surface area contributed by atoms with E-state index in [9.17, 15) is 9.59 Å². The number of nitrogens with zero attached hydrogens (tertiary/aromatic N) is 2. The SMILES string of the molecule is COC(=O)C(OC(C)(C)C)c1c(C)nc2c(c1-c1ccc(C)cc1)CN(C(=O)CCc1ccccc1)CC2. The molecule has 1 aliphatic heterocycles. The minimum atomic E-state index is -0.946. The van der Waals surface area contributed by atoms with Crippen LogP contribution in [-0.4, -0.2) is 41.0 Å². The number of hydrogen-bond donors (Lipinski definition) is 0. The Morgan fingerprint density at radius 3 is 2.34 bits per heavy atom. The second-order valence-corrected chi connectivity index (χ2v) is 11.0. The van der Waals surface area contributed by atoms with Crippen LogP contribution in [0.2, 0.25) is 0 Å². The van der Waals surface area contributed by atoms with Gasteiger partial charge in [-0.1, -0.05) is 60.2 Å². The molecule has 0 spiro atoms. The highest BCUT2D eigenvalue weighted by atomic mass is 16.6. The lowest BCUT2D eigenvalue weighted by Crippen LogP contribution is -2.37. The maximum absolute atomic E-state index is 13.3. The molecule has 6 nitrogen and oxygen atoms in total. The molecule has 6 heteroatoms. The minimum absolute atomic E-state index is 0.118. The van der Waals surface area contributed by atoms with Gasteiger partial charge in [0, 0.05) is 48.4 Å². The number of ether oxygens (including phenoxy) is 2. The van der Waals surface area contributed by atoms with E-state index in [-0.39, 0.29) is 5.91 Å². The molecule has 0 fully saturated rings. The quantitative estimate of drug-likeness (QED) is 0.367. The van der Waals surface area contributed by atoms with Gasteiger partial charge in [0.2, 0.25) is 5.91 Å². The van der Waals surface area contributed by atoms with Gasteiger partial charge in [0.1, 0.15) is 0 Å². The van der Waals surface area contributed by atoms with Crippen LogP contribution in [0.15, 0.2) is 54.6 Å². The largest absolute Gasteiger partial charge is 0.467 e. The molecule has 1 aromatic heterocycles. The molecule has 4 rings (SSSR count). The van der Waals surface area contributed by atoms with Gasteiger partial charge >= 0.3 is 5.97 Å². The maximum atomic E-state index is 13.3. The van der Waals surface area contributed by atoms with E-state index in [1.54, 1.807) is 0 Å². The number of hydrogen-bond acceptors (Lipinski definition) is 5. The molecule has 0 saturated carbocycles. The lowest BCUT2D eigenvalue weighted by molar-refractivity contribution is -0.164. The van der Waals surface area contributed by atoms with Crippen molar-refractivity contribution in [3.8, 4) is 11.1 Å². The van der Waals surface area contributed by atoms with Crippen LogP contribution < -0.4 is 0 Å². The number of fused-ring (bicyclic) bond motifs is 1. The zero-order chi connectivity index (χ0) is 27.4. The zero-order valence-electron chi connectivity index (χ0n) is 23.3. The molecule has 1 atom stereocenters. The molecule has 38 heavy (non-hydrogen) atoms. The predicted octanol–water partition coefficient (Wildman–Crippen LogP) is 5.91. The molecule has 0 saturated heterocycles. The number of carbonyl (C=O) groups excluding carboxylic acids is 2. The van der Waals surface area contributed by atoms with E-state index in [0.717, 1.165) is 39.2 Å². The number of benzene rings is 2. The third-order valence-corrected chi connectivity index (χ3v) is 6.89. The summed E-state index contributed by atoms with van der Waals surface area (Å²) >= 11 is 0. The van der Waals surface area contributed by atoms with E-state index >= 15 is 0 Å². The molecule has 1 aliphatic rings. The monoisotopic (exact) mass is 514 g/mol. The maximum Gasteiger partial charge on any atom is 0.339 e. The fourth-order valence-corrected chi connectivity index (χ4v) is 5.03. The summed E-state index contributed by atoms with van der Waals surface area (Å²) in [5.41, 5.74) is 6.96. The Morgan fingerprint density at radius 1 is 1.03 bits per heavy atom. The number of aromatic nitrogens is 1. The summed E-state index contributed by atoms with van der Waals surface area (Å²) in [6, 6.07) is 18.3. The number of esters is 1. The number of methoxy groups -OCH3 is 1. The summed E-state index contributed by atoms with van der Waals surface area (Å²) in [6.07, 6.45) is 0.867. The van der Waals surface area contributed by atoms with Crippen molar-refractivity contribution >= 4 is 11.9 Å². The topological polar surface area (TPSA) is 68.7 Å². The van der Waals surface area contributed by atoms with Crippen molar-refractivity contribution in [1.29, 1.82) is 0 Å².